The summed E-state index contributed by atoms with van der Waals surface area (Å²) in [6.45, 7) is 0.360. The molecule has 2 heterocycles. The van der Waals surface area contributed by atoms with Gasteiger partial charge in [0.2, 0.25) is 0 Å². The highest BCUT2D eigenvalue weighted by atomic mass is 16.5. The number of ether oxygens (including phenoxy) is 1. The molecule has 0 N–H and O–H groups in total. The number of hydrogen-bond donors (Lipinski definition) is 0. The third-order valence-corrected chi connectivity index (χ3v) is 3.28. The number of carbonyl (C=O) groups excluding carboxylic acids is 3. The topological polar surface area (TPSA) is 63.7 Å². The van der Waals surface area contributed by atoms with E-state index < -0.39 is 23.8 Å². The minimum Gasteiger partial charge on any atom is -0.464 e. The largest absolute Gasteiger partial charge is 0.464 e. The zero-order valence-corrected chi connectivity index (χ0v) is 9.59. The highest BCUT2D eigenvalue weighted by Gasteiger charge is 2.43. The standard InChI is InChI=1S/C13H11NO4/c15-11-8-4-1-2-5-9(8)12(16)14(11)10-6-3-7-18-13(10)17/h1-2,4-5,10H,3,6-7H2. The van der Waals surface area contributed by atoms with Gasteiger partial charge in [0.1, 0.15) is 6.04 Å². The van der Waals surface area contributed by atoms with Gasteiger partial charge in [0.05, 0.1) is 17.7 Å². The average molecular weight is 245 g/mol. The fourth-order valence-corrected chi connectivity index (χ4v) is 2.39. The molecule has 1 saturated heterocycles. The number of nitrogens with zero attached hydrogens (tertiary/aromatic N) is 1. The number of fused-ring (bicyclic) bond motifs is 1. The van der Waals surface area contributed by atoms with Crippen molar-refractivity contribution >= 4 is 17.8 Å². The van der Waals surface area contributed by atoms with Gasteiger partial charge in [-0.25, -0.2) is 4.79 Å². The number of benzene rings is 1. The minimum absolute atomic E-state index is 0.360. The van der Waals surface area contributed by atoms with Crippen LogP contribution in [-0.4, -0.2) is 35.3 Å². The molecule has 0 bridgehead atoms. The van der Waals surface area contributed by atoms with Gasteiger partial charge in [0, 0.05) is 0 Å². The lowest BCUT2D eigenvalue weighted by molar-refractivity contribution is -0.152. The molecule has 1 aromatic rings. The van der Waals surface area contributed by atoms with Gasteiger partial charge in [-0.2, -0.15) is 0 Å². The Kier molecular flexibility index (Phi) is 2.40. The molecule has 5 nitrogen and oxygen atoms in total. The number of carbonyl (C=O) groups is 3. The van der Waals surface area contributed by atoms with Crippen LogP contribution in [0, 0.1) is 0 Å². The monoisotopic (exact) mass is 245 g/mol. The first-order valence-electron chi connectivity index (χ1n) is 5.83. The van der Waals surface area contributed by atoms with Gasteiger partial charge in [-0.1, -0.05) is 12.1 Å². The zero-order chi connectivity index (χ0) is 12.7. The van der Waals surface area contributed by atoms with Gasteiger partial charge in [0.25, 0.3) is 11.8 Å². The molecule has 1 fully saturated rings. The van der Waals surface area contributed by atoms with Crippen molar-refractivity contribution in [3.05, 3.63) is 35.4 Å². The van der Waals surface area contributed by atoms with Gasteiger partial charge in [-0.15, -0.1) is 0 Å². The van der Waals surface area contributed by atoms with Crippen molar-refractivity contribution in [3.8, 4) is 0 Å². The summed E-state index contributed by atoms with van der Waals surface area (Å²) < 4.78 is 4.91. The van der Waals surface area contributed by atoms with Crippen molar-refractivity contribution in [3.63, 3.8) is 0 Å². The number of rotatable bonds is 1. The van der Waals surface area contributed by atoms with Gasteiger partial charge in [0.15, 0.2) is 0 Å². The molecule has 2 aliphatic rings. The lowest BCUT2D eigenvalue weighted by atomic mass is 10.1. The van der Waals surface area contributed by atoms with Crippen LogP contribution in [-0.2, 0) is 9.53 Å². The SMILES string of the molecule is O=C1OCCCC1N1C(=O)c2ccccc2C1=O. The Labute approximate surface area is 103 Å². The molecule has 2 amide bonds. The van der Waals surface area contributed by atoms with E-state index in [0.29, 0.717) is 30.6 Å². The van der Waals surface area contributed by atoms with Crippen LogP contribution in [0.1, 0.15) is 33.6 Å². The van der Waals surface area contributed by atoms with Gasteiger partial charge in [-0.05, 0) is 25.0 Å². The molecule has 0 aromatic heterocycles. The van der Waals surface area contributed by atoms with E-state index in [9.17, 15) is 14.4 Å². The van der Waals surface area contributed by atoms with Gasteiger partial charge < -0.3 is 4.74 Å². The first kappa shape index (κ1) is 11.0. The fraction of sp³-hybridized carbons (Fsp3) is 0.308. The predicted octanol–water partition coefficient (Wildman–Crippen LogP) is 0.988. The van der Waals surface area contributed by atoms with Crippen LogP contribution in [0.4, 0.5) is 0 Å². The van der Waals surface area contributed by atoms with Crippen LogP contribution in [0.25, 0.3) is 0 Å². The zero-order valence-electron chi connectivity index (χ0n) is 9.59. The summed E-state index contributed by atoms with van der Waals surface area (Å²) in [7, 11) is 0. The van der Waals surface area contributed by atoms with Crippen molar-refractivity contribution in [2.75, 3.05) is 6.61 Å². The highest BCUT2D eigenvalue weighted by Crippen LogP contribution is 2.27. The van der Waals surface area contributed by atoms with E-state index in [1.807, 2.05) is 0 Å². The number of cyclic esters (lactones) is 1. The third kappa shape index (κ3) is 1.44. The van der Waals surface area contributed by atoms with Crippen molar-refractivity contribution in [2.45, 2.75) is 18.9 Å². The van der Waals surface area contributed by atoms with Crippen LogP contribution in [0.5, 0.6) is 0 Å². The molecular formula is C13H11NO4. The number of amides is 2. The van der Waals surface area contributed by atoms with E-state index in [4.69, 9.17) is 4.74 Å². The second-order valence-corrected chi connectivity index (χ2v) is 4.35. The van der Waals surface area contributed by atoms with Crippen LogP contribution in [0.15, 0.2) is 24.3 Å². The van der Waals surface area contributed by atoms with Crippen LogP contribution < -0.4 is 0 Å². The minimum atomic E-state index is -0.772. The Morgan fingerprint density at radius 2 is 1.67 bits per heavy atom. The number of esters is 1. The Bertz CT molecular complexity index is 517. The molecule has 0 spiro atoms. The fourth-order valence-electron chi connectivity index (χ4n) is 2.39. The molecule has 1 atom stereocenters. The van der Waals surface area contributed by atoms with E-state index in [-0.39, 0.29) is 0 Å². The summed E-state index contributed by atoms with van der Waals surface area (Å²) in [6.07, 6.45) is 1.15. The van der Waals surface area contributed by atoms with Crippen LogP contribution in [0.2, 0.25) is 0 Å². The Morgan fingerprint density at radius 1 is 1.06 bits per heavy atom. The van der Waals surface area contributed by atoms with Crippen molar-refractivity contribution in [1.82, 2.24) is 4.90 Å². The second-order valence-electron chi connectivity index (χ2n) is 4.35. The third-order valence-electron chi connectivity index (χ3n) is 3.28. The maximum atomic E-state index is 12.1. The molecule has 5 heteroatoms. The maximum Gasteiger partial charge on any atom is 0.329 e. The number of imide groups is 1. The molecule has 1 unspecified atom stereocenters. The molecule has 92 valence electrons. The summed E-state index contributed by atoms with van der Waals surface area (Å²) >= 11 is 0. The Hall–Kier alpha value is -2.17. The van der Waals surface area contributed by atoms with Crippen LogP contribution in [0.3, 0.4) is 0 Å². The summed E-state index contributed by atoms with van der Waals surface area (Å²) in [4.78, 5) is 37.0. The molecule has 3 rings (SSSR count). The first-order chi connectivity index (χ1) is 8.70. The summed E-state index contributed by atoms with van der Waals surface area (Å²) in [5.74, 6) is -1.30. The van der Waals surface area contributed by atoms with E-state index >= 15 is 0 Å². The predicted molar refractivity (Wildman–Crippen MR) is 60.9 cm³/mol. The molecule has 0 aliphatic carbocycles. The number of hydrogen-bond acceptors (Lipinski definition) is 4. The summed E-state index contributed by atoms with van der Waals surface area (Å²) in [5, 5.41) is 0. The molecule has 0 radical (unpaired) electrons. The van der Waals surface area contributed by atoms with E-state index in [1.54, 1.807) is 24.3 Å². The molecular weight excluding hydrogens is 234 g/mol. The molecule has 18 heavy (non-hydrogen) atoms. The lowest BCUT2D eigenvalue weighted by Crippen LogP contribution is -2.47. The summed E-state index contributed by atoms with van der Waals surface area (Å²) in [5.41, 5.74) is 0.724. The first-order valence-corrected chi connectivity index (χ1v) is 5.83. The average Bonchev–Trinajstić information content (AvgIpc) is 2.64. The normalized spacial score (nSPS) is 23.0. The van der Waals surface area contributed by atoms with Crippen molar-refractivity contribution in [1.29, 1.82) is 0 Å². The second kappa shape index (κ2) is 3.94. The van der Waals surface area contributed by atoms with Gasteiger partial charge in [-0.3, -0.25) is 14.5 Å². The van der Waals surface area contributed by atoms with E-state index in [0.717, 1.165) is 4.90 Å². The molecule has 0 saturated carbocycles. The summed E-state index contributed by atoms with van der Waals surface area (Å²) in [6, 6.07) is 5.83. The van der Waals surface area contributed by atoms with Crippen molar-refractivity contribution < 1.29 is 19.1 Å². The van der Waals surface area contributed by atoms with E-state index in [1.165, 1.54) is 0 Å². The quantitative estimate of drug-likeness (QED) is 0.546. The Morgan fingerprint density at radius 3 is 2.22 bits per heavy atom. The van der Waals surface area contributed by atoms with Crippen LogP contribution >= 0.6 is 0 Å². The van der Waals surface area contributed by atoms with Gasteiger partial charge >= 0.3 is 5.97 Å². The molecule has 2 aliphatic heterocycles. The maximum absolute atomic E-state index is 12.1. The highest BCUT2D eigenvalue weighted by molar-refractivity contribution is 6.22. The smallest absolute Gasteiger partial charge is 0.329 e. The molecule has 1 aromatic carbocycles. The lowest BCUT2D eigenvalue weighted by Gasteiger charge is -2.27. The van der Waals surface area contributed by atoms with Crippen molar-refractivity contribution in [2.24, 2.45) is 0 Å². The van der Waals surface area contributed by atoms with E-state index in [2.05, 4.69) is 0 Å². The Balaban J connectivity index is 1.99.